The fourth-order valence-corrected chi connectivity index (χ4v) is 4.48. The van der Waals surface area contributed by atoms with Crippen LogP contribution in [0.2, 0.25) is 0 Å². The molecule has 0 aliphatic carbocycles. The number of benzene rings is 1. The fourth-order valence-electron chi connectivity index (χ4n) is 4.48. The highest BCUT2D eigenvalue weighted by molar-refractivity contribution is 5.81. The summed E-state index contributed by atoms with van der Waals surface area (Å²) in [6, 6.07) is 14.9. The number of halogens is 1. The molecule has 1 aromatic carbocycles. The Bertz CT molecular complexity index is 1200. The van der Waals surface area contributed by atoms with Gasteiger partial charge in [0.25, 0.3) is 0 Å². The van der Waals surface area contributed by atoms with Gasteiger partial charge in [-0.3, -0.25) is 9.55 Å². The molecule has 0 bridgehead atoms. The summed E-state index contributed by atoms with van der Waals surface area (Å²) in [6.07, 6.45) is 4.71. The van der Waals surface area contributed by atoms with Crippen molar-refractivity contribution in [2.75, 3.05) is 24.5 Å². The third kappa shape index (κ3) is 2.85. The molecule has 5 heterocycles. The molecule has 0 radical (unpaired) electrons. The van der Waals surface area contributed by atoms with Crippen molar-refractivity contribution in [2.45, 2.75) is 12.5 Å². The second kappa shape index (κ2) is 6.88. The average molecular weight is 400 g/mol. The fraction of sp³-hybridized carbons (Fsp3) is 0.261. The first-order valence-electron chi connectivity index (χ1n) is 10.3. The minimum atomic E-state index is -0.265. The number of fused-ring (bicyclic) bond motifs is 2. The van der Waals surface area contributed by atoms with Crippen LogP contribution in [0.25, 0.3) is 28.2 Å². The monoisotopic (exact) mass is 400 g/mol. The van der Waals surface area contributed by atoms with E-state index in [4.69, 9.17) is 9.97 Å². The molecule has 30 heavy (non-hydrogen) atoms. The van der Waals surface area contributed by atoms with Gasteiger partial charge in [0.1, 0.15) is 23.0 Å². The molecular formula is C23H21FN6. The van der Waals surface area contributed by atoms with Gasteiger partial charge in [-0.15, -0.1) is 0 Å². The van der Waals surface area contributed by atoms with E-state index in [0.717, 1.165) is 59.6 Å². The Morgan fingerprint density at radius 3 is 2.53 bits per heavy atom. The Hall–Kier alpha value is -3.32. The highest BCUT2D eigenvalue weighted by Crippen LogP contribution is 2.31. The number of hydrogen-bond acceptors (Lipinski definition) is 5. The number of nitrogens with one attached hydrogen (secondary N) is 1. The van der Waals surface area contributed by atoms with E-state index in [-0.39, 0.29) is 5.82 Å². The third-order valence-corrected chi connectivity index (χ3v) is 6.24. The SMILES string of the molecule is Fc1ccc(-c2nc3ccc(N4CCC5CNC5C4)nc3n2-c2ccncc2)cc1. The molecule has 6 rings (SSSR count). The van der Waals surface area contributed by atoms with Crippen molar-refractivity contribution in [1.82, 2.24) is 24.8 Å². The first-order valence-corrected chi connectivity index (χ1v) is 10.3. The number of imidazole rings is 1. The van der Waals surface area contributed by atoms with Crippen LogP contribution in [0.1, 0.15) is 6.42 Å². The van der Waals surface area contributed by atoms with E-state index in [1.54, 1.807) is 24.5 Å². The van der Waals surface area contributed by atoms with Crippen LogP contribution in [0, 0.1) is 11.7 Å². The summed E-state index contributed by atoms with van der Waals surface area (Å²) in [4.78, 5) is 16.4. The molecule has 6 nitrogen and oxygen atoms in total. The van der Waals surface area contributed by atoms with Crippen LogP contribution in [0.4, 0.5) is 10.2 Å². The van der Waals surface area contributed by atoms with Crippen molar-refractivity contribution < 1.29 is 4.39 Å². The number of pyridine rings is 2. The summed E-state index contributed by atoms with van der Waals surface area (Å²) < 4.78 is 15.5. The van der Waals surface area contributed by atoms with E-state index >= 15 is 0 Å². The second-order valence-electron chi connectivity index (χ2n) is 8.00. The number of nitrogens with zero attached hydrogens (tertiary/aromatic N) is 5. The summed E-state index contributed by atoms with van der Waals surface area (Å²) >= 11 is 0. The lowest BCUT2D eigenvalue weighted by Gasteiger charge is -2.46. The van der Waals surface area contributed by atoms with Crippen molar-refractivity contribution in [2.24, 2.45) is 5.92 Å². The van der Waals surface area contributed by atoms with Crippen LogP contribution in [0.5, 0.6) is 0 Å². The van der Waals surface area contributed by atoms with Gasteiger partial charge in [-0.2, -0.15) is 0 Å². The zero-order chi connectivity index (χ0) is 20.1. The predicted molar refractivity (Wildman–Crippen MR) is 114 cm³/mol. The van der Waals surface area contributed by atoms with E-state index in [9.17, 15) is 4.39 Å². The van der Waals surface area contributed by atoms with Gasteiger partial charge in [0.05, 0.1) is 5.69 Å². The van der Waals surface area contributed by atoms with E-state index in [1.165, 1.54) is 18.6 Å². The topological polar surface area (TPSA) is 58.9 Å². The Balaban J connectivity index is 1.50. The molecule has 2 saturated heterocycles. The quantitative estimate of drug-likeness (QED) is 0.571. The maximum Gasteiger partial charge on any atom is 0.167 e. The van der Waals surface area contributed by atoms with Gasteiger partial charge in [0, 0.05) is 37.1 Å². The van der Waals surface area contributed by atoms with Crippen LogP contribution >= 0.6 is 0 Å². The number of anilines is 1. The number of aromatic nitrogens is 4. The van der Waals surface area contributed by atoms with Gasteiger partial charge in [-0.1, -0.05) is 0 Å². The van der Waals surface area contributed by atoms with E-state index < -0.39 is 0 Å². The van der Waals surface area contributed by atoms with Crippen molar-refractivity contribution in [3.63, 3.8) is 0 Å². The lowest BCUT2D eigenvalue weighted by atomic mass is 9.85. The van der Waals surface area contributed by atoms with E-state index in [0.29, 0.717) is 6.04 Å². The van der Waals surface area contributed by atoms with E-state index in [1.807, 2.05) is 22.8 Å². The van der Waals surface area contributed by atoms with Crippen molar-refractivity contribution >= 4 is 17.0 Å². The van der Waals surface area contributed by atoms with E-state index in [2.05, 4.69) is 21.3 Å². The molecule has 3 aromatic heterocycles. The molecule has 1 N–H and O–H groups in total. The third-order valence-electron chi connectivity index (χ3n) is 6.24. The molecule has 0 amide bonds. The molecule has 0 saturated carbocycles. The summed E-state index contributed by atoms with van der Waals surface area (Å²) in [7, 11) is 0. The smallest absolute Gasteiger partial charge is 0.167 e. The van der Waals surface area contributed by atoms with Crippen LogP contribution in [-0.4, -0.2) is 45.2 Å². The summed E-state index contributed by atoms with van der Waals surface area (Å²) in [5, 5.41) is 3.53. The van der Waals surface area contributed by atoms with Gasteiger partial charge in [0.2, 0.25) is 0 Å². The van der Waals surface area contributed by atoms with Crippen LogP contribution < -0.4 is 10.2 Å². The first-order chi connectivity index (χ1) is 14.8. The first kappa shape index (κ1) is 17.5. The molecule has 7 heteroatoms. The number of piperidine rings is 1. The highest BCUT2D eigenvalue weighted by atomic mass is 19.1. The minimum absolute atomic E-state index is 0.265. The zero-order valence-corrected chi connectivity index (χ0v) is 16.4. The standard InChI is InChI=1S/C23H21FN6/c24-17-3-1-15(2-4-17)22-27-19-5-6-21(29-12-9-16-13-26-20(16)14-29)28-23(19)30(22)18-7-10-25-11-8-18/h1-8,10-11,16,20,26H,9,12-14H2. The molecule has 0 spiro atoms. The summed E-state index contributed by atoms with van der Waals surface area (Å²) in [5.41, 5.74) is 3.37. The second-order valence-corrected chi connectivity index (χ2v) is 8.00. The Morgan fingerprint density at radius 2 is 1.80 bits per heavy atom. The van der Waals surface area contributed by atoms with Gasteiger partial charge < -0.3 is 10.2 Å². The van der Waals surface area contributed by atoms with Crippen LogP contribution in [-0.2, 0) is 0 Å². The maximum absolute atomic E-state index is 13.5. The normalized spacial score (nSPS) is 20.8. The molecule has 2 aliphatic rings. The highest BCUT2D eigenvalue weighted by Gasteiger charge is 2.36. The zero-order valence-electron chi connectivity index (χ0n) is 16.4. The van der Waals surface area contributed by atoms with Crippen molar-refractivity contribution in [3.05, 3.63) is 66.7 Å². The minimum Gasteiger partial charge on any atom is -0.355 e. The molecule has 2 fully saturated rings. The Morgan fingerprint density at radius 1 is 0.967 bits per heavy atom. The van der Waals surface area contributed by atoms with Crippen molar-refractivity contribution in [3.8, 4) is 17.1 Å². The Kier molecular flexibility index (Phi) is 4.02. The average Bonchev–Trinajstić information content (AvgIpc) is 3.14. The number of hydrogen-bond donors (Lipinski definition) is 1. The van der Waals surface area contributed by atoms with Gasteiger partial charge in [0.15, 0.2) is 5.65 Å². The van der Waals surface area contributed by atoms with Crippen LogP contribution in [0.3, 0.4) is 0 Å². The van der Waals surface area contributed by atoms with Gasteiger partial charge in [-0.25, -0.2) is 14.4 Å². The summed E-state index contributed by atoms with van der Waals surface area (Å²) in [6.45, 7) is 3.15. The molecule has 4 aromatic rings. The van der Waals surface area contributed by atoms with Crippen molar-refractivity contribution in [1.29, 1.82) is 0 Å². The van der Waals surface area contributed by atoms with Crippen LogP contribution in [0.15, 0.2) is 60.9 Å². The molecule has 2 atom stereocenters. The maximum atomic E-state index is 13.5. The molecule has 2 aliphatic heterocycles. The molecule has 150 valence electrons. The Labute approximate surface area is 173 Å². The largest absolute Gasteiger partial charge is 0.355 e. The molecule has 2 unspecified atom stereocenters. The predicted octanol–water partition coefficient (Wildman–Crippen LogP) is 3.42. The number of rotatable bonds is 3. The van der Waals surface area contributed by atoms with Gasteiger partial charge in [-0.05, 0) is 67.4 Å². The lowest BCUT2D eigenvalue weighted by Crippen LogP contribution is -2.62. The lowest BCUT2D eigenvalue weighted by molar-refractivity contribution is 0.196. The van der Waals surface area contributed by atoms with Gasteiger partial charge >= 0.3 is 0 Å². The molecular weight excluding hydrogens is 379 g/mol. The summed E-state index contributed by atoms with van der Waals surface area (Å²) in [5.74, 6) is 2.24.